The first-order valence-corrected chi connectivity index (χ1v) is 3.98. The zero-order valence-electron chi connectivity index (χ0n) is 7.72. The van der Waals surface area contributed by atoms with Crippen LogP contribution in [-0.4, -0.2) is 24.3 Å². The average molecular weight is 157 g/mol. The van der Waals surface area contributed by atoms with Crippen molar-refractivity contribution in [2.24, 2.45) is 5.41 Å². The fraction of sp³-hybridized carbons (Fsp3) is 0.778. The quantitative estimate of drug-likeness (QED) is 0.587. The molecule has 2 nitrogen and oxygen atoms in total. The van der Waals surface area contributed by atoms with E-state index in [-0.39, 0.29) is 12.0 Å². The standard InChI is InChI=1S/C9H19NO/c1-5-8(2)10-6-9(3,4)7-11/h5,8,10-11H,1,6-7H2,2-4H3. The van der Waals surface area contributed by atoms with Gasteiger partial charge in [0.05, 0.1) is 0 Å². The van der Waals surface area contributed by atoms with E-state index in [1.807, 2.05) is 26.8 Å². The maximum Gasteiger partial charge on any atom is 0.0494 e. The molecule has 1 atom stereocenters. The van der Waals surface area contributed by atoms with Crippen molar-refractivity contribution in [1.82, 2.24) is 5.32 Å². The van der Waals surface area contributed by atoms with Gasteiger partial charge in [0.25, 0.3) is 0 Å². The number of hydrogen-bond donors (Lipinski definition) is 2. The summed E-state index contributed by atoms with van der Waals surface area (Å²) in [7, 11) is 0. The molecular weight excluding hydrogens is 138 g/mol. The Labute approximate surface area is 69.3 Å². The lowest BCUT2D eigenvalue weighted by Crippen LogP contribution is -2.36. The van der Waals surface area contributed by atoms with Gasteiger partial charge in [-0.15, -0.1) is 6.58 Å². The van der Waals surface area contributed by atoms with Crippen molar-refractivity contribution >= 4 is 0 Å². The first-order chi connectivity index (χ1) is 5.02. The first-order valence-electron chi connectivity index (χ1n) is 3.98. The molecule has 0 bridgehead atoms. The van der Waals surface area contributed by atoms with Crippen molar-refractivity contribution in [1.29, 1.82) is 0 Å². The molecule has 0 aromatic rings. The SMILES string of the molecule is C=CC(C)NCC(C)(C)CO. The minimum absolute atomic E-state index is 0.0305. The van der Waals surface area contributed by atoms with Gasteiger partial charge in [-0.3, -0.25) is 0 Å². The van der Waals surface area contributed by atoms with E-state index in [1.165, 1.54) is 0 Å². The second kappa shape index (κ2) is 4.52. The summed E-state index contributed by atoms with van der Waals surface area (Å²) in [4.78, 5) is 0. The highest BCUT2D eigenvalue weighted by Crippen LogP contribution is 2.11. The fourth-order valence-electron chi connectivity index (χ4n) is 0.577. The predicted octanol–water partition coefficient (Wildman–Crippen LogP) is 1.17. The van der Waals surface area contributed by atoms with Gasteiger partial charge >= 0.3 is 0 Å². The lowest BCUT2D eigenvalue weighted by Gasteiger charge is -2.23. The zero-order chi connectivity index (χ0) is 8.91. The highest BCUT2D eigenvalue weighted by molar-refractivity contribution is 4.83. The van der Waals surface area contributed by atoms with Crippen LogP contribution in [0.2, 0.25) is 0 Å². The van der Waals surface area contributed by atoms with Crippen molar-refractivity contribution in [3.63, 3.8) is 0 Å². The highest BCUT2D eigenvalue weighted by atomic mass is 16.3. The van der Waals surface area contributed by atoms with Crippen molar-refractivity contribution in [3.8, 4) is 0 Å². The van der Waals surface area contributed by atoms with Crippen LogP contribution in [0.5, 0.6) is 0 Å². The van der Waals surface area contributed by atoms with Crippen LogP contribution in [0.25, 0.3) is 0 Å². The Hall–Kier alpha value is -0.340. The van der Waals surface area contributed by atoms with E-state index < -0.39 is 0 Å². The van der Waals surface area contributed by atoms with Gasteiger partial charge < -0.3 is 10.4 Å². The van der Waals surface area contributed by atoms with Gasteiger partial charge in [0.15, 0.2) is 0 Å². The van der Waals surface area contributed by atoms with E-state index in [0.29, 0.717) is 6.04 Å². The molecule has 0 heterocycles. The largest absolute Gasteiger partial charge is 0.396 e. The Morgan fingerprint density at radius 3 is 2.55 bits per heavy atom. The monoisotopic (exact) mass is 157 g/mol. The maximum absolute atomic E-state index is 8.91. The normalized spacial score (nSPS) is 14.5. The minimum Gasteiger partial charge on any atom is -0.396 e. The second-order valence-electron chi connectivity index (χ2n) is 3.73. The summed E-state index contributed by atoms with van der Waals surface area (Å²) >= 11 is 0. The van der Waals surface area contributed by atoms with E-state index in [0.717, 1.165) is 6.54 Å². The van der Waals surface area contributed by atoms with Crippen LogP contribution >= 0.6 is 0 Å². The summed E-state index contributed by atoms with van der Waals surface area (Å²) in [5.41, 5.74) is -0.0305. The highest BCUT2D eigenvalue weighted by Gasteiger charge is 2.15. The lowest BCUT2D eigenvalue weighted by atomic mass is 9.95. The Morgan fingerprint density at radius 2 is 2.18 bits per heavy atom. The third-order valence-electron chi connectivity index (χ3n) is 1.68. The molecule has 0 spiro atoms. The minimum atomic E-state index is -0.0305. The van der Waals surface area contributed by atoms with E-state index in [4.69, 9.17) is 5.11 Å². The fourth-order valence-corrected chi connectivity index (χ4v) is 0.577. The Morgan fingerprint density at radius 1 is 1.64 bits per heavy atom. The smallest absolute Gasteiger partial charge is 0.0494 e. The van der Waals surface area contributed by atoms with Crippen molar-refractivity contribution in [3.05, 3.63) is 12.7 Å². The summed E-state index contributed by atoms with van der Waals surface area (Å²) in [5, 5.41) is 12.2. The van der Waals surface area contributed by atoms with Crippen molar-refractivity contribution < 1.29 is 5.11 Å². The molecule has 1 unspecified atom stereocenters. The molecule has 0 aromatic carbocycles. The molecule has 0 amide bonds. The molecule has 0 aliphatic heterocycles. The van der Waals surface area contributed by atoms with Crippen LogP contribution in [0.1, 0.15) is 20.8 Å². The first kappa shape index (κ1) is 10.7. The molecule has 2 N–H and O–H groups in total. The van der Waals surface area contributed by atoms with E-state index in [1.54, 1.807) is 0 Å². The molecule has 2 heteroatoms. The van der Waals surface area contributed by atoms with Crippen LogP contribution in [0.15, 0.2) is 12.7 Å². The number of aliphatic hydroxyl groups is 1. The van der Waals surface area contributed by atoms with Gasteiger partial charge in [0.1, 0.15) is 0 Å². The maximum atomic E-state index is 8.91. The van der Waals surface area contributed by atoms with Crippen molar-refractivity contribution in [2.45, 2.75) is 26.8 Å². The van der Waals surface area contributed by atoms with Gasteiger partial charge in [-0.25, -0.2) is 0 Å². The van der Waals surface area contributed by atoms with Gasteiger partial charge in [-0.05, 0) is 6.92 Å². The van der Waals surface area contributed by atoms with Gasteiger partial charge in [0, 0.05) is 24.6 Å². The molecule has 0 saturated heterocycles. The van der Waals surface area contributed by atoms with Crippen LogP contribution < -0.4 is 5.32 Å². The van der Waals surface area contributed by atoms with E-state index in [9.17, 15) is 0 Å². The Kier molecular flexibility index (Phi) is 4.38. The predicted molar refractivity (Wildman–Crippen MR) is 48.5 cm³/mol. The molecule has 11 heavy (non-hydrogen) atoms. The number of nitrogens with one attached hydrogen (secondary N) is 1. The molecule has 0 radical (unpaired) electrons. The third-order valence-corrected chi connectivity index (χ3v) is 1.68. The number of hydrogen-bond acceptors (Lipinski definition) is 2. The summed E-state index contributed by atoms with van der Waals surface area (Å²) in [5.74, 6) is 0. The molecular formula is C9H19NO. The van der Waals surface area contributed by atoms with Crippen LogP contribution in [0, 0.1) is 5.41 Å². The average Bonchev–Trinajstić information content (AvgIpc) is 2.00. The van der Waals surface area contributed by atoms with Crippen molar-refractivity contribution in [2.75, 3.05) is 13.2 Å². The zero-order valence-corrected chi connectivity index (χ0v) is 7.72. The molecule has 66 valence electrons. The molecule has 0 saturated carbocycles. The lowest BCUT2D eigenvalue weighted by molar-refractivity contribution is 0.155. The number of rotatable bonds is 5. The topological polar surface area (TPSA) is 32.3 Å². The summed E-state index contributed by atoms with van der Waals surface area (Å²) < 4.78 is 0. The molecule has 0 fully saturated rings. The third kappa shape index (κ3) is 4.99. The van der Waals surface area contributed by atoms with Crippen LogP contribution in [0.4, 0.5) is 0 Å². The van der Waals surface area contributed by atoms with Crippen LogP contribution in [-0.2, 0) is 0 Å². The molecule has 0 aliphatic carbocycles. The van der Waals surface area contributed by atoms with Crippen LogP contribution in [0.3, 0.4) is 0 Å². The van der Waals surface area contributed by atoms with Gasteiger partial charge in [0.2, 0.25) is 0 Å². The van der Waals surface area contributed by atoms with E-state index >= 15 is 0 Å². The molecule has 0 rings (SSSR count). The van der Waals surface area contributed by atoms with Gasteiger partial charge in [-0.2, -0.15) is 0 Å². The second-order valence-corrected chi connectivity index (χ2v) is 3.73. The summed E-state index contributed by atoms with van der Waals surface area (Å²) in [6.07, 6.45) is 1.85. The van der Waals surface area contributed by atoms with E-state index in [2.05, 4.69) is 11.9 Å². The summed E-state index contributed by atoms with van der Waals surface area (Å²) in [6, 6.07) is 0.320. The Bertz CT molecular complexity index is 121. The molecule has 0 aliphatic rings. The van der Waals surface area contributed by atoms with Gasteiger partial charge in [-0.1, -0.05) is 19.9 Å². The number of aliphatic hydroxyl groups excluding tert-OH is 1. The Balaban J connectivity index is 3.60. The molecule has 0 aromatic heterocycles. The summed E-state index contributed by atoms with van der Waals surface area (Å²) in [6.45, 7) is 10.8.